The van der Waals surface area contributed by atoms with Crippen LogP contribution in [0.2, 0.25) is 0 Å². The summed E-state index contributed by atoms with van der Waals surface area (Å²) >= 11 is 0. The molecule has 2 heteroatoms. The van der Waals surface area contributed by atoms with E-state index in [1.165, 1.54) is 11.1 Å². The van der Waals surface area contributed by atoms with Crippen molar-refractivity contribution in [2.45, 2.75) is 39.7 Å². The first-order valence-corrected chi connectivity index (χ1v) is 5.45. The van der Waals surface area contributed by atoms with E-state index in [0.29, 0.717) is 6.42 Å². The lowest BCUT2D eigenvalue weighted by Gasteiger charge is -2.28. The van der Waals surface area contributed by atoms with Crippen molar-refractivity contribution in [3.05, 3.63) is 34.4 Å². The van der Waals surface area contributed by atoms with Crippen LogP contribution in [-0.4, -0.2) is 11.7 Å². The van der Waals surface area contributed by atoms with E-state index in [4.69, 9.17) is 5.73 Å². The van der Waals surface area contributed by atoms with Gasteiger partial charge in [-0.25, -0.2) is 0 Å². The Bertz CT molecular complexity index is 354. The summed E-state index contributed by atoms with van der Waals surface area (Å²) < 4.78 is 0. The van der Waals surface area contributed by atoms with E-state index in [1.807, 2.05) is 13.8 Å². The van der Waals surface area contributed by atoms with Crippen LogP contribution >= 0.6 is 0 Å². The first kappa shape index (κ1) is 12.2. The molecule has 0 heterocycles. The van der Waals surface area contributed by atoms with Crippen molar-refractivity contribution in [2.75, 3.05) is 6.54 Å². The molecule has 0 saturated carbocycles. The molecule has 0 fully saturated rings. The maximum atomic E-state index is 10.4. The minimum atomic E-state index is -0.872. The predicted octanol–water partition coefficient (Wildman–Crippen LogP) is 2.17. The van der Waals surface area contributed by atoms with Crippen LogP contribution in [0.4, 0.5) is 0 Å². The van der Waals surface area contributed by atoms with Crippen molar-refractivity contribution in [1.29, 1.82) is 0 Å². The molecule has 3 N–H and O–H groups in total. The largest absolute Gasteiger partial charge is 0.384 e. The van der Waals surface area contributed by atoms with Gasteiger partial charge in [-0.15, -0.1) is 0 Å². The number of aryl methyl sites for hydroxylation is 3. The van der Waals surface area contributed by atoms with Crippen LogP contribution in [0.1, 0.15) is 35.6 Å². The SMILES string of the molecule is CCC(O)(CN)c1cc(C)c(C)cc1C. The second kappa shape index (κ2) is 4.33. The number of rotatable bonds is 3. The van der Waals surface area contributed by atoms with Gasteiger partial charge in [0.05, 0.1) is 0 Å². The maximum absolute atomic E-state index is 10.4. The Kier molecular flexibility index (Phi) is 3.53. The molecule has 0 aliphatic carbocycles. The number of nitrogens with two attached hydrogens (primary N) is 1. The van der Waals surface area contributed by atoms with E-state index in [1.54, 1.807) is 0 Å². The van der Waals surface area contributed by atoms with E-state index in [0.717, 1.165) is 11.1 Å². The predicted molar refractivity (Wildman–Crippen MR) is 63.9 cm³/mol. The van der Waals surface area contributed by atoms with Crippen LogP contribution < -0.4 is 5.73 Å². The zero-order chi connectivity index (χ0) is 11.6. The number of hydrogen-bond donors (Lipinski definition) is 2. The summed E-state index contributed by atoms with van der Waals surface area (Å²) in [5.74, 6) is 0. The van der Waals surface area contributed by atoms with Gasteiger partial charge in [0.15, 0.2) is 0 Å². The molecule has 84 valence electrons. The van der Waals surface area contributed by atoms with Crippen molar-refractivity contribution in [1.82, 2.24) is 0 Å². The van der Waals surface area contributed by atoms with Gasteiger partial charge < -0.3 is 10.8 Å². The molecule has 1 atom stereocenters. The lowest BCUT2D eigenvalue weighted by atomic mass is 9.86. The fourth-order valence-electron chi connectivity index (χ4n) is 1.91. The lowest BCUT2D eigenvalue weighted by molar-refractivity contribution is 0.0412. The molecule has 15 heavy (non-hydrogen) atoms. The van der Waals surface area contributed by atoms with Crippen LogP contribution in [0.25, 0.3) is 0 Å². The Hall–Kier alpha value is -0.860. The molecule has 0 aliphatic rings. The smallest absolute Gasteiger partial charge is 0.102 e. The van der Waals surface area contributed by atoms with Crippen LogP contribution in [0.5, 0.6) is 0 Å². The molecule has 0 aliphatic heterocycles. The van der Waals surface area contributed by atoms with Gasteiger partial charge in [0, 0.05) is 6.54 Å². The fourth-order valence-corrected chi connectivity index (χ4v) is 1.91. The first-order valence-electron chi connectivity index (χ1n) is 5.45. The summed E-state index contributed by atoms with van der Waals surface area (Å²) in [6, 6.07) is 4.17. The zero-order valence-electron chi connectivity index (χ0n) is 10.1. The van der Waals surface area contributed by atoms with Crippen molar-refractivity contribution in [3.8, 4) is 0 Å². The van der Waals surface area contributed by atoms with Gasteiger partial charge in [0.1, 0.15) is 5.60 Å². The summed E-state index contributed by atoms with van der Waals surface area (Å²) in [6.07, 6.45) is 0.646. The van der Waals surface area contributed by atoms with Crippen molar-refractivity contribution in [3.63, 3.8) is 0 Å². The van der Waals surface area contributed by atoms with Crippen LogP contribution in [0, 0.1) is 20.8 Å². The lowest BCUT2D eigenvalue weighted by Crippen LogP contribution is -2.35. The molecule has 1 aromatic carbocycles. The van der Waals surface area contributed by atoms with Crippen molar-refractivity contribution < 1.29 is 5.11 Å². The molecular weight excluding hydrogens is 186 g/mol. The molecule has 1 unspecified atom stereocenters. The van der Waals surface area contributed by atoms with Gasteiger partial charge in [-0.2, -0.15) is 0 Å². The highest BCUT2D eigenvalue weighted by Gasteiger charge is 2.27. The van der Waals surface area contributed by atoms with Gasteiger partial charge in [-0.3, -0.25) is 0 Å². The Balaban J connectivity index is 3.30. The van der Waals surface area contributed by atoms with E-state index in [9.17, 15) is 5.11 Å². The molecule has 0 bridgehead atoms. The number of aliphatic hydroxyl groups is 1. The summed E-state index contributed by atoms with van der Waals surface area (Å²) in [7, 11) is 0. The minimum absolute atomic E-state index is 0.271. The third kappa shape index (κ3) is 2.21. The molecule has 0 amide bonds. The molecule has 2 nitrogen and oxygen atoms in total. The molecule has 1 aromatic rings. The summed E-state index contributed by atoms with van der Waals surface area (Å²) in [5.41, 5.74) is 9.33. The van der Waals surface area contributed by atoms with Gasteiger partial charge in [-0.1, -0.05) is 19.1 Å². The van der Waals surface area contributed by atoms with Crippen molar-refractivity contribution in [2.24, 2.45) is 5.73 Å². The summed E-state index contributed by atoms with van der Waals surface area (Å²) in [6.45, 7) is 8.40. The van der Waals surface area contributed by atoms with Crippen molar-refractivity contribution >= 4 is 0 Å². The zero-order valence-corrected chi connectivity index (χ0v) is 10.1. The highest BCUT2D eigenvalue weighted by atomic mass is 16.3. The van der Waals surface area contributed by atoms with Crippen LogP contribution in [0.3, 0.4) is 0 Å². The van der Waals surface area contributed by atoms with E-state index >= 15 is 0 Å². The average Bonchev–Trinajstić information content (AvgIpc) is 2.22. The molecule has 0 aromatic heterocycles. The van der Waals surface area contributed by atoms with Crippen LogP contribution in [-0.2, 0) is 5.60 Å². The van der Waals surface area contributed by atoms with Gasteiger partial charge in [0.2, 0.25) is 0 Å². The summed E-state index contributed by atoms with van der Waals surface area (Å²) in [4.78, 5) is 0. The third-order valence-electron chi connectivity index (χ3n) is 3.26. The molecule has 0 radical (unpaired) electrons. The molecule has 1 rings (SSSR count). The normalized spacial score (nSPS) is 15.1. The second-order valence-electron chi connectivity index (χ2n) is 4.34. The quantitative estimate of drug-likeness (QED) is 0.798. The Morgan fingerprint density at radius 2 is 1.67 bits per heavy atom. The fraction of sp³-hybridized carbons (Fsp3) is 0.538. The number of hydrogen-bond acceptors (Lipinski definition) is 2. The highest BCUT2D eigenvalue weighted by molar-refractivity contribution is 5.39. The molecular formula is C13H21NO. The summed E-state index contributed by atoms with van der Waals surface area (Å²) in [5, 5.41) is 10.4. The van der Waals surface area contributed by atoms with Gasteiger partial charge in [0.25, 0.3) is 0 Å². The average molecular weight is 207 g/mol. The number of benzene rings is 1. The maximum Gasteiger partial charge on any atom is 0.102 e. The topological polar surface area (TPSA) is 46.2 Å². The van der Waals surface area contributed by atoms with E-state index in [-0.39, 0.29) is 6.54 Å². The van der Waals surface area contributed by atoms with E-state index < -0.39 is 5.60 Å². The standard InChI is InChI=1S/C13H21NO/c1-5-13(15,8-14)12-7-10(3)9(2)6-11(12)4/h6-7,15H,5,8,14H2,1-4H3. The van der Waals surface area contributed by atoms with Gasteiger partial charge in [-0.05, 0) is 49.4 Å². The Labute approximate surface area is 92.1 Å². The molecule has 0 saturated heterocycles. The monoisotopic (exact) mass is 207 g/mol. The van der Waals surface area contributed by atoms with E-state index in [2.05, 4.69) is 26.0 Å². The Morgan fingerprint density at radius 1 is 1.13 bits per heavy atom. The van der Waals surface area contributed by atoms with Gasteiger partial charge >= 0.3 is 0 Å². The highest BCUT2D eigenvalue weighted by Crippen LogP contribution is 2.28. The van der Waals surface area contributed by atoms with Crippen LogP contribution in [0.15, 0.2) is 12.1 Å². The first-order chi connectivity index (χ1) is 6.94. The molecule has 0 spiro atoms. The minimum Gasteiger partial charge on any atom is -0.384 e. The second-order valence-corrected chi connectivity index (χ2v) is 4.34. The third-order valence-corrected chi connectivity index (χ3v) is 3.26. The Morgan fingerprint density at radius 3 is 2.13 bits per heavy atom.